The molecule has 1 aliphatic carbocycles. The number of halogens is 1. The third kappa shape index (κ3) is 2.28. The molecule has 0 bridgehead atoms. The molecule has 2 unspecified atom stereocenters. The Balaban J connectivity index is 1.87. The summed E-state index contributed by atoms with van der Waals surface area (Å²) >= 11 is 0. The summed E-state index contributed by atoms with van der Waals surface area (Å²) < 4.78 is 18.9. The van der Waals surface area contributed by atoms with Crippen LogP contribution in [0.2, 0.25) is 0 Å². The summed E-state index contributed by atoms with van der Waals surface area (Å²) in [4.78, 5) is 4.28. The van der Waals surface area contributed by atoms with E-state index in [4.69, 9.17) is 4.52 Å². The minimum atomic E-state index is -0.557. The summed E-state index contributed by atoms with van der Waals surface area (Å²) in [6.07, 6.45) is 4.44. The van der Waals surface area contributed by atoms with Gasteiger partial charge < -0.3 is 9.63 Å². The number of phenols is 1. The van der Waals surface area contributed by atoms with Crippen molar-refractivity contribution >= 4 is 0 Å². The maximum Gasteiger partial charge on any atom is 0.264 e. The molecule has 1 fully saturated rings. The molecule has 1 aromatic heterocycles. The second-order valence-corrected chi connectivity index (χ2v) is 5.38. The van der Waals surface area contributed by atoms with Crippen LogP contribution in [-0.4, -0.2) is 15.2 Å². The van der Waals surface area contributed by atoms with Crippen LogP contribution in [-0.2, 0) is 0 Å². The summed E-state index contributed by atoms with van der Waals surface area (Å²) in [5, 5.41) is 13.7. The van der Waals surface area contributed by atoms with Crippen molar-refractivity contribution in [3.05, 3.63) is 29.8 Å². The standard InChI is InChI=1S/C15H17FN2O2/c1-2-9-6-7-10(8-9)14-17-15(20-18-14)13-11(16)4-3-5-12(13)19/h3-5,9-10,19H,2,6-8H2,1H3. The fraction of sp³-hybridized carbons (Fsp3) is 0.467. The van der Waals surface area contributed by atoms with Gasteiger partial charge in [-0.25, -0.2) is 4.39 Å². The third-order valence-corrected chi connectivity index (χ3v) is 4.13. The topological polar surface area (TPSA) is 59.2 Å². The normalized spacial score (nSPS) is 22.3. The molecule has 0 saturated heterocycles. The predicted molar refractivity (Wildman–Crippen MR) is 71.7 cm³/mol. The van der Waals surface area contributed by atoms with Crippen molar-refractivity contribution in [1.29, 1.82) is 0 Å². The van der Waals surface area contributed by atoms with E-state index in [1.54, 1.807) is 0 Å². The molecule has 5 heteroatoms. The summed E-state index contributed by atoms with van der Waals surface area (Å²) in [5.41, 5.74) is -0.0173. The maximum atomic E-state index is 13.8. The maximum absolute atomic E-state index is 13.8. The Bertz CT molecular complexity index is 591. The average Bonchev–Trinajstić information content (AvgIpc) is 3.06. The predicted octanol–water partition coefficient (Wildman–Crippen LogP) is 3.88. The van der Waals surface area contributed by atoms with Gasteiger partial charge in [0.2, 0.25) is 0 Å². The van der Waals surface area contributed by atoms with Crippen molar-refractivity contribution in [3.63, 3.8) is 0 Å². The van der Waals surface area contributed by atoms with E-state index in [1.807, 2.05) is 0 Å². The summed E-state index contributed by atoms with van der Waals surface area (Å²) in [6, 6.07) is 4.11. The smallest absolute Gasteiger partial charge is 0.264 e. The number of rotatable bonds is 3. The molecule has 1 saturated carbocycles. The van der Waals surface area contributed by atoms with Crippen LogP contribution in [0.25, 0.3) is 11.5 Å². The minimum absolute atomic E-state index is 0.0173. The van der Waals surface area contributed by atoms with Crippen molar-refractivity contribution in [2.24, 2.45) is 5.92 Å². The third-order valence-electron chi connectivity index (χ3n) is 4.13. The van der Waals surface area contributed by atoms with E-state index in [2.05, 4.69) is 17.1 Å². The van der Waals surface area contributed by atoms with E-state index >= 15 is 0 Å². The van der Waals surface area contributed by atoms with Gasteiger partial charge in [0, 0.05) is 5.92 Å². The molecule has 4 nitrogen and oxygen atoms in total. The molecule has 0 aliphatic heterocycles. The quantitative estimate of drug-likeness (QED) is 0.924. The van der Waals surface area contributed by atoms with E-state index in [0.29, 0.717) is 11.7 Å². The average molecular weight is 276 g/mol. The van der Waals surface area contributed by atoms with Crippen LogP contribution >= 0.6 is 0 Å². The first-order valence-corrected chi connectivity index (χ1v) is 7.00. The zero-order chi connectivity index (χ0) is 14.1. The van der Waals surface area contributed by atoms with Gasteiger partial charge in [-0.3, -0.25) is 0 Å². The molecule has 20 heavy (non-hydrogen) atoms. The highest BCUT2D eigenvalue weighted by atomic mass is 19.1. The molecule has 106 valence electrons. The Hall–Kier alpha value is -1.91. The van der Waals surface area contributed by atoms with Crippen LogP contribution in [0, 0.1) is 11.7 Å². The van der Waals surface area contributed by atoms with Gasteiger partial charge in [-0.1, -0.05) is 24.6 Å². The zero-order valence-electron chi connectivity index (χ0n) is 11.3. The van der Waals surface area contributed by atoms with Gasteiger partial charge in [0.1, 0.15) is 17.1 Å². The van der Waals surface area contributed by atoms with Gasteiger partial charge in [0.15, 0.2) is 5.82 Å². The van der Waals surface area contributed by atoms with Gasteiger partial charge in [0.05, 0.1) is 0 Å². The van der Waals surface area contributed by atoms with Crippen LogP contribution in [0.15, 0.2) is 22.7 Å². The summed E-state index contributed by atoms with van der Waals surface area (Å²) in [6.45, 7) is 2.19. The van der Waals surface area contributed by atoms with Crippen LogP contribution in [0.1, 0.15) is 44.3 Å². The van der Waals surface area contributed by atoms with Crippen molar-refractivity contribution in [3.8, 4) is 17.2 Å². The minimum Gasteiger partial charge on any atom is -0.507 e. The lowest BCUT2D eigenvalue weighted by Gasteiger charge is -2.04. The van der Waals surface area contributed by atoms with Crippen molar-refractivity contribution in [1.82, 2.24) is 10.1 Å². The van der Waals surface area contributed by atoms with Crippen molar-refractivity contribution in [2.45, 2.75) is 38.5 Å². The fourth-order valence-electron chi connectivity index (χ4n) is 2.91. The second kappa shape index (κ2) is 5.23. The molecule has 0 amide bonds. The largest absolute Gasteiger partial charge is 0.507 e. The van der Waals surface area contributed by atoms with Crippen LogP contribution < -0.4 is 0 Å². The number of benzene rings is 1. The molecule has 0 radical (unpaired) electrons. The van der Waals surface area contributed by atoms with Gasteiger partial charge in [-0.2, -0.15) is 4.98 Å². The van der Waals surface area contributed by atoms with E-state index in [0.717, 1.165) is 19.3 Å². The highest BCUT2D eigenvalue weighted by molar-refractivity contribution is 5.62. The molecule has 2 aromatic rings. The Morgan fingerprint density at radius 2 is 2.25 bits per heavy atom. The first-order valence-electron chi connectivity index (χ1n) is 7.00. The first kappa shape index (κ1) is 13.1. The lowest BCUT2D eigenvalue weighted by Crippen LogP contribution is -1.97. The highest BCUT2D eigenvalue weighted by Gasteiger charge is 2.29. The molecule has 0 spiro atoms. The monoisotopic (exact) mass is 276 g/mol. The molecule has 1 heterocycles. The molecule has 1 N–H and O–H groups in total. The molecule has 2 atom stereocenters. The van der Waals surface area contributed by atoms with Crippen LogP contribution in [0.5, 0.6) is 5.75 Å². The molecule has 1 aliphatic rings. The van der Waals surface area contributed by atoms with Crippen molar-refractivity contribution < 1.29 is 14.0 Å². The molecule has 3 rings (SSSR count). The first-order chi connectivity index (χ1) is 9.69. The van der Waals surface area contributed by atoms with Crippen LogP contribution in [0.4, 0.5) is 4.39 Å². The fourth-order valence-corrected chi connectivity index (χ4v) is 2.91. The number of hydrogen-bond acceptors (Lipinski definition) is 4. The lowest BCUT2D eigenvalue weighted by atomic mass is 10.0. The van der Waals surface area contributed by atoms with Gasteiger partial charge >= 0.3 is 0 Å². The number of aromatic nitrogens is 2. The number of nitrogens with zero attached hydrogens (tertiary/aromatic N) is 2. The van der Waals surface area contributed by atoms with E-state index < -0.39 is 5.82 Å². The second-order valence-electron chi connectivity index (χ2n) is 5.38. The molecule has 1 aromatic carbocycles. The molecular weight excluding hydrogens is 259 g/mol. The van der Waals surface area contributed by atoms with E-state index in [9.17, 15) is 9.50 Å². The summed E-state index contributed by atoms with van der Waals surface area (Å²) in [7, 11) is 0. The van der Waals surface area contributed by atoms with Gasteiger partial charge in [0.25, 0.3) is 5.89 Å². The van der Waals surface area contributed by atoms with E-state index in [1.165, 1.54) is 24.6 Å². The number of aromatic hydroxyl groups is 1. The van der Waals surface area contributed by atoms with Gasteiger partial charge in [-0.05, 0) is 37.3 Å². The van der Waals surface area contributed by atoms with Crippen LogP contribution in [0.3, 0.4) is 0 Å². The SMILES string of the molecule is CCC1CCC(c2noc(-c3c(O)cccc3F)n2)C1. The lowest BCUT2D eigenvalue weighted by molar-refractivity contribution is 0.407. The van der Waals surface area contributed by atoms with Gasteiger partial charge in [-0.15, -0.1) is 0 Å². The number of hydrogen-bond donors (Lipinski definition) is 1. The molecular formula is C15H17FN2O2. The Morgan fingerprint density at radius 1 is 1.40 bits per heavy atom. The van der Waals surface area contributed by atoms with Crippen molar-refractivity contribution in [2.75, 3.05) is 0 Å². The summed E-state index contributed by atoms with van der Waals surface area (Å²) in [5.74, 6) is 0.931. The highest BCUT2D eigenvalue weighted by Crippen LogP contribution is 2.39. The Labute approximate surface area is 116 Å². The Morgan fingerprint density at radius 3 is 2.95 bits per heavy atom. The Kier molecular flexibility index (Phi) is 3.42. The van der Waals surface area contributed by atoms with E-state index in [-0.39, 0.29) is 23.1 Å². The number of phenolic OH excluding ortho intramolecular Hbond substituents is 1. The zero-order valence-corrected chi connectivity index (χ0v) is 11.3.